The van der Waals surface area contributed by atoms with E-state index in [2.05, 4.69) is 20.7 Å². The van der Waals surface area contributed by atoms with Gasteiger partial charge in [-0.1, -0.05) is 28.1 Å². The van der Waals surface area contributed by atoms with Crippen LogP contribution in [-0.2, 0) is 11.3 Å². The number of rotatable bonds is 5. The molecule has 0 spiro atoms. The summed E-state index contributed by atoms with van der Waals surface area (Å²) in [5.41, 5.74) is 0.562. The van der Waals surface area contributed by atoms with Crippen molar-refractivity contribution in [1.29, 1.82) is 0 Å². The van der Waals surface area contributed by atoms with E-state index < -0.39 is 16.8 Å². The van der Waals surface area contributed by atoms with Gasteiger partial charge in [0, 0.05) is 35.8 Å². The maximum Gasteiger partial charge on any atom is 0.338 e. The first-order chi connectivity index (χ1) is 11.8. The molecule has 0 bridgehead atoms. The Morgan fingerprint density at radius 2 is 1.76 bits per heavy atom. The van der Waals surface area contributed by atoms with Gasteiger partial charge < -0.3 is 9.64 Å². The SMILES string of the molecule is COC(=O)c1cc(C(=O)N(C)Cc2ccc(Br)cc2)cc([N+](=O)[O-])c1. The van der Waals surface area contributed by atoms with Crippen LogP contribution in [0, 0.1) is 10.1 Å². The first-order valence-corrected chi connectivity index (χ1v) is 7.99. The Bertz CT molecular complexity index is 820. The number of carbonyl (C=O) groups excluding carboxylic acids is 2. The van der Waals surface area contributed by atoms with E-state index in [1.165, 1.54) is 18.1 Å². The molecule has 0 atom stereocenters. The van der Waals surface area contributed by atoms with Gasteiger partial charge in [0.15, 0.2) is 0 Å². The van der Waals surface area contributed by atoms with Crippen LogP contribution in [0.4, 0.5) is 5.69 Å². The lowest BCUT2D eigenvalue weighted by Crippen LogP contribution is -2.26. The third-order valence-electron chi connectivity index (χ3n) is 3.48. The van der Waals surface area contributed by atoms with Crippen molar-refractivity contribution in [2.75, 3.05) is 14.2 Å². The predicted octanol–water partition coefficient (Wildman–Crippen LogP) is 3.42. The molecule has 1 amide bonds. The summed E-state index contributed by atoms with van der Waals surface area (Å²) in [5.74, 6) is -1.18. The summed E-state index contributed by atoms with van der Waals surface area (Å²) in [4.78, 5) is 36.1. The van der Waals surface area contributed by atoms with E-state index >= 15 is 0 Å². The van der Waals surface area contributed by atoms with Crippen molar-refractivity contribution in [3.8, 4) is 0 Å². The lowest BCUT2D eigenvalue weighted by Gasteiger charge is -2.17. The van der Waals surface area contributed by atoms with E-state index in [0.29, 0.717) is 6.54 Å². The maximum atomic E-state index is 12.6. The molecule has 2 rings (SSSR count). The standard InChI is InChI=1S/C17H15BrN2O5/c1-19(10-11-3-5-14(18)6-4-11)16(21)12-7-13(17(22)25-2)9-15(8-12)20(23)24/h3-9H,10H2,1-2H3. The molecular weight excluding hydrogens is 392 g/mol. The van der Waals surface area contributed by atoms with Crippen LogP contribution >= 0.6 is 15.9 Å². The molecule has 0 N–H and O–H groups in total. The van der Waals surface area contributed by atoms with Gasteiger partial charge in [-0.25, -0.2) is 4.79 Å². The summed E-state index contributed by atoms with van der Waals surface area (Å²) in [7, 11) is 2.75. The molecule has 0 unspecified atom stereocenters. The molecule has 130 valence electrons. The number of benzene rings is 2. The van der Waals surface area contributed by atoms with Gasteiger partial charge in [-0.05, 0) is 23.8 Å². The van der Waals surface area contributed by atoms with Crippen molar-refractivity contribution in [2.24, 2.45) is 0 Å². The zero-order valence-electron chi connectivity index (χ0n) is 13.6. The fourth-order valence-electron chi connectivity index (χ4n) is 2.23. The van der Waals surface area contributed by atoms with Crippen molar-refractivity contribution in [3.63, 3.8) is 0 Å². The predicted molar refractivity (Wildman–Crippen MR) is 94.4 cm³/mol. The molecule has 0 aromatic heterocycles. The van der Waals surface area contributed by atoms with Crippen LogP contribution in [0.3, 0.4) is 0 Å². The highest BCUT2D eigenvalue weighted by Gasteiger charge is 2.20. The van der Waals surface area contributed by atoms with Gasteiger partial charge in [0.25, 0.3) is 11.6 Å². The van der Waals surface area contributed by atoms with Crippen LogP contribution in [0.2, 0.25) is 0 Å². The summed E-state index contributed by atoms with van der Waals surface area (Å²) in [5, 5.41) is 11.1. The van der Waals surface area contributed by atoms with Crippen LogP contribution < -0.4 is 0 Å². The van der Waals surface area contributed by atoms with Gasteiger partial charge in [0.1, 0.15) is 0 Å². The fraction of sp³-hybridized carbons (Fsp3) is 0.176. The van der Waals surface area contributed by atoms with Gasteiger partial charge in [0.05, 0.1) is 17.6 Å². The molecule has 0 aliphatic heterocycles. The highest BCUT2D eigenvalue weighted by Crippen LogP contribution is 2.20. The van der Waals surface area contributed by atoms with Crippen LogP contribution in [0.1, 0.15) is 26.3 Å². The Hall–Kier alpha value is -2.74. The van der Waals surface area contributed by atoms with Crippen LogP contribution in [0.5, 0.6) is 0 Å². The molecular formula is C17H15BrN2O5. The molecule has 2 aromatic carbocycles. The number of nitro benzene ring substituents is 1. The summed E-state index contributed by atoms with van der Waals surface area (Å²) in [6, 6.07) is 11.0. The molecule has 0 aliphatic carbocycles. The molecule has 7 nitrogen and oxygen atoms in total. The number of amides is 1. The minimum Gasteiger partial charge on any atom is -0.465 e. The lowest BCUT2D eigenvalue weighted by molar-refractivity contribution is -0.384. The zero-order valence-corrected chi connectivity index (χ0v) is 15.1. The van der Waals surface area contributed by atoms with E-state index in [4.69, 9.17) is 0 Å². The normalized spacial score (nSPS) is 10.2. The van der Waals surface area contributed by atoms with Crippen LogP contribution in [0.15, 0.2) is 46.9 Å². The van der Waals surface area contributed by atoms with Gasteiger partial charge in [-0.15, -0.1) is 0 Å². The number of methoxy groups -OCH3 is 1. The Morgan fingerprint density at radius 3 is 2.32 bits per heavy atom. The summed E-state index contributed by atoms with van der Waals surface area (Å²) >= 11 is 3.34. The van der Waals surface area contributed by atoms with E-state index in [1.807, 2.05) is 24.3 Å². The minimum absolute atomic E-state index is 0.0444. The number of nitrogens with zero attached hydrogens (tertiary/aromatic N) is 2. The second kappa shape index (κ2) is 7.89. The fourth-order valence-corrected chi connectivity index (χ4v) is 2.50. The zero-order chi connectivity index (χ0) is 18.6. The molecule has 0 saturated heterocycles. The van der Waals surface area contributed by atoms with Gasteiger partial charge in [0.2, 0.25) is 0 Å². The largest absolute Gasteiger partial charge is 0.465 e. The Kier molecular flexibility index (Phi) is 5.87. The first kappa shape index (κ1) is 18.6. The van der Waals surface area contributed by atoms with Gasteiger partial charge in [-0.2, -0.15) is 0 Å². The molecule has 0 heterocycles. The minimum atomic E-state index is -0.742. The van der Waals surface area contributed by atoms with E-state index in [9.17, 15) is 19.7 Å². The monoisotopic (exact) mass is 406 g/mol. The number of hydrogen-bond donors (Lipinski definition) is 0. The molecule has 0 radical (unpaired) electrons. The Balaban J connectivity index is 2.30. The van der Waals surface area contributed by atoms with Crippen LogP contribution in [0.25, 0.3) is 0 Å². The molecule has 0 saturated carbocycles. The number of ether oxygens (including phenoxy) is 1. The number of halogens is 1. The van der Waals surface area contributed by atoms with Crippen molar-refractivity contribution < 1.29 is 19.2 Å². The average Bonchev–Trinajstić information content (AvgIpc) is 2.61. The number of non-ortho nitro benzene ring substituents is 1. The lowest BCUT2D eigenvalue weighted by atomic mass is 10.1. The summed E-state index contributed by atoms with van der Waals surface area (Å²) in [6.07, 6.45) is 0. The smallest absolute Gasteiger partial charge is 0.338 e. The molecule has 0 fully saturated rings. The summed E-state index contributed by atoms with van der Waals surface area (Å²) < 4.78 is 5.50. The third-order valence-corrected chi connectivity index (χ3v) is 4.01. The van der Waals surface area contributed by atoms with Gasteiger partial charge >= 0.3 is 5.97 Å². The van der Waals surface area contributed by atoms with Crippen molar-refractivity contribution in [2.45, 2.75) is 6.54 Å². The van der Waals surface area contributed by atoms with E-state index in [1.54, 1.807) is 7.05 Å². The second-order valence-corrected chi connectivity index (χ2v) is 6.22. The van der Waals surface area contributed by atoms with Gasteiger partial charge in [-0.3, -0.25) is 14.9 Å². The summed E-state index contributed by atoms with van der Waals surface area (Å²) in [6.45, 7) is 0.322. The number of esters is 1. The highest BCUT2D eigenvalue weighted by molar-refractivity contribution is 9.10. The Morgan fingerprint density at radius 1 is 1.16 bits per heavy atom. The molecule has 25 heavy (non-hydrogen) atoms. The number of carbonyl (C=O) groups is 2. The quantitative estimate of drug-likeness (QED) is 0.431. The van der Waals surface area contributed by atoms with Crippen molar-refractivity contribution >= 4 is 33.5 Å². The first-order valence-electron chi connectivity index (χ1n) is 7.19. The van der Waals surface area contributed by atoms with Crippen molar-refractivity contribution in [3.05, 3.63) is 73.7 Å². The molecule has 8 heteroatoms. The average molecular weight is 407 g/mol. The van der Waals surface area contributed by atoms with Crippen molar-refractivity contribution in [1.82, 2.24) is 4.90 Å². The highest BCUT2D eigenvalue weighted by atomic mass is 79.9. The molecule has 2 aromatic rings. The topological polar surface area (TPSA) is 89.8 Å². The number of nitro groups is 1. The third kappa shape index (κ3) is 4.63. The van der Waals surface area contributed by atoms with E-state index in [0.717, 1.165) is 22.2 Å². The Labute approximate surface area is 152 Å². The number of hydrogen-bond acceptors (Lipinski definition) is 5. The second-order valence-electron chi connectivity index (χ2n) is 5.30. The van der Waals surface area contributed by atoms with Crippen LogP contribution in [-0.4, -0.2) is 35.9 Å². The maximum absolute atomic E-state index is 12.6. The van der Waals surface area contributed by atoms with E-state index in [-0.39, 0.29) is 16.8 Å². The molecule has 0 aliphatic rings.